The normalized spacial score (nSPS) is 18.6. The van der Waals surface area contributed by atoms with Crippen LogP contribution in [0.25, 0.3) is 10.9 Å². The number of hydrogen-bond acceptors (Lipinski definition) is 4. The summed E-state index contributed by atoms with van der Waals surface area (Å²) < 4.78 is 17.1. The van der Waals surface area contributed by atoms with Crippen molar-refractivity contribution in [1.29, 1.82) is 0 Å². The highest BCUT2D eigenvalue weighted by molar-refractivity contribution is 5.98. The predicted octanol–water partition coefficient (Wildman–Crippen LogP) is 3.15. The van der Waals surface area contributed by atoms with Crippen molar-refractivity contribution in [1.82, 2.24) is 14.8 Å². The maximum Gasteiger partial charge on any atom is 0.256 e. The summed E-state index contributed by atoms with van der Waals surface area (Å²) in [5, 5.41) is 3.15. The van der Waals surface area contributed by atoms with Crippen molar-refractivity contribution in [3.05, 3.63) is 39.9 Å². The summed E-state index contributed by atoms with van der Waals surface area (Å²) in [5.41, 5.74) is 0.961. The number of piperazine rings is 1. The van der Waals surface area contributed by atoms with Crippen molar-refractivity contribution in [3.8, 4) is 0 Å². The molecule has 7 heteroatoms. The quantitative estimate of drug-likeness (QED) is 0.789. The van der Waals surface area contributed by atoms with Crippen molar-refractivity contribution in [2.24, 2.45) is 0 Å². The van der Waals surface area contributed by atoms with Crippen molar-refractivity contribution in [2.75, 3.05) is 37.6 Å². The lowest BCUT2D eigenvalue weighted by molar-refractivity contribution is 0.0937. The van der Waals surface area contributed by atoms with Gasteiger partial charge >= 0.3 is 0 Å². The van der Waals surface area contributed by atoms with Crippen LogP contribution in [0.4, 0.5) is 10.1 Å². The molecule has 2 fully saturated rings. The number of fused-ring (bicyclic) bond motifs is 1. The summed E-state index contributed by atoms with van der Waals surface area (Å²) in [6.07, 6.45) is 4.47. The number of carbonyl (C=O) groups is 1. The molecular formula is C23H31FN4O2. The first kappa shape index (κ1) is 20.8. The molecule has 2 aliphatic rings. The molecule has 0 spiro atoms. The number of likely N-dealkylation sites (N-methyl/N-ethyl adjacent to an activating group) is 1. The van der Waals surface area contributed by atoms with E-state index in [1.165, 1.54) is 6.07 Å². The van der Waals surface area contributed by atoms with Gasteiger partial charge < -0.3 is 19.7 Å². The van der Waals surface area contributed by atoms with Gasteiger partial charge in [-0.25, -0.2) is 4.39 Å². The summed E-state index contributed by atoms with van der Waals surface area (Å²) in [5.74, 6) is -0.780. The Labute approximate surface area is 176 Å². The average molecular weight is 415 g/mol. The van der Waals surface area contributed by atoms with Crippen LogP contribution in [0.1, 0.15) is 56.4 Å². The van der Waals surface area contributed by atoms with Crippen molar-refractivity contribution >= 4 is 22.5 Å². The van der Waals surface area contributed by atoms with E-state index in [2.05, 4.69) is 22.0 Å². The molecule has 4 rings (SSSR count). The van der Waals surface area contributed by atoms with Crippen LogP contribution in [-0.4, -0.2) is 54.1 Å². The van der Waals surface area contributed by atoms with E-state index in [9.17, 15) is 9.59 Å². The average Bonchev–Trinajstić information content (AvgIpc) is 3.59. The molecule has 1 aromatic heterocycles. The Kier molecular flexibility index (Phi) is 5.82. The van der Waals surface area contributed by atoms with Crippen molar-refractivity contribution < 1.29 is 9.18 Å². The van der Waals surface area contributed by atoms with Gasteiger partial charge in [-0.05, 0) is 44.9 Å². The molecule has 30 heavy (non-hydrogen) atoms. The van der Waals surface area contributed by atoms with E-state index in [4.69, 9.17) is 0 Å². The summed E-state index contributed by atoms with van der Waals surface area (Å²) in [6, 6.07) is 3.38. The summed E-state index contributed by atoms with van der Waals surface area (Å²) in [4.78, 5) is 30.2. The number of halogens is 1. The van der Waals surface area contributed by atoms with E-state index in [-0.39, 0.29) is 28.9 Å². The third kappa shape index (κ3) is 3.95. The molecule has 1 amide bonds. The van der Waals surface area contributed by atoms with Crippen LogP contribution in [0.3, 0.4) is 0 Å². The number of amides is 1. The standard InChI is InChI=1S/C23H31FN4O2/c1-4-15(3)25-23(30)18-14-28(16-6-7-16)20-13-21(19(24)12-17(20)22(18)29)27-10-8-26(5-2)9-11-27/h12-16H,4-11H2,1-3H3,(H,25,30)/t15-/m0/s1. The molecule has 1 saturated heterocycles. The molecule has 1 aliphatic carbocycles. The number of aromatic nitrogens is 1. The molecule has 2 heterocycles. The first-order chi connectivity index (χ1) is 14.4. The second kappa shape index (κ2) is 8.38. The highest BCUT2D eigenvalue weighted by atomic mass is 19.1. The first-order valence-electron chi connectivity index (χ1n) is 11.1. The SMILES string of the molecule is CC[C@H](C)NC(=O)c1cn(C2CC2)c2cc(N3CCN(CC)CC3)c(F)cc2c1=O. The molecule has 1 N–H and O–H groups in total. The number of pyridine rings is 1. The zero-order chi connectivity index (χ0) is 21.4. The lowest BCUT2D eigenvalue weighted by Gasteiger charge is -2.35. The fraction of sp³-hybridized carbons (Fsp3) is 0.565. The second-order valence-corrected chi connectivity index (χ2v) is 8.54. The van der Waals surface area contributed by atoms with Crippen LogP contribution in [-0.2, 0) is 0 Å². The van der Waals surface area contributed by atoms with Gasteiger partial charge in [-0.1, -0.05) is 13.8 Å². The van der Waals surface area contributed by atoms with E-state index < -0.39 is 11.2 Å². The minimum absolute atomic E-state index is 0.0251. The number of rotatable bonds is 6. The lowest BCUT2D eigenvalue weighted by Crippen LogP contribution is -2.46. The van der Waals surface area contributed by atoms with Crippen molar-refractivity contribution in [2.45, 2.75) is 52.1 Å². The van der Waals surface area contributed by atoms with Gasteiger partial charge in [0.05, 0.1) is 11.2 Å². The molecule has 1 aliphatic heterocycles. The molecule has 0 bridgehead atoms. The minimum atomic E-state index is -0.399. The fourth-order valence-electron chi connectivity index (χ4n) is 4.13. The summed E-state index contributed by atoms with van der Waals surface area (Å²) >= 11 is 0. The van der Waals surface area contributed by atoms with E-state index in [1.54, 1.807) is 6.20 Å². The smallest absolute Gasteiger partial charge is 0.256 e. The molecule has 1 atom stereocenters. The Hall–Kier alpha value is -2.41. The number of anilines is 1. The molecule has 0 unspecified atom stereocenters. The Morgan fingerprint density at radius 3 is 2.50 bits per heavy atom. The maximum atomic E-state index is 15.1. The molecule has 2 aromatic rings. The van der Waals surface area contributed by atoms with Crippen LogP contribution in [0, 0.1) is 5.82 Å². The summed E-state index contributed by atoms with van der Waals surface area (Å²) in [7, 11) is 0. The van der Waals surface area contributed by atoms with E-state index >= 15 is 4.39 Å². The number of nitrogens with one attached hydrogen (secondary N) is 1. The third-order valence-corrected chi connectivity index (χ3v) is 6.44. The Morgan fingerprint density at radius 1 is 1.20 bits per heavy atom. The van der Waals surface area contributed by atoms with Crippen LogP contribution in [0.5, 0.6) is 0 Å². The van der Waals surface area contributed by atoms with Gasteiger partial charge in [-0.3, -0.25) is 9.59 Å². The molecule has 1 aromatic carbocycles. The maximum absolute atomic E-state index is 15.1. The van der Waals surface area contributed by atoms with Gasteiger partial charge in [0.1, 0.15) is 11.4 Å². The van der Waals surface area contributed by atoms with Crippen LogP contribution < -0.4 is 15.6 Å². The monoisotopic (exact) mass is 414 g/mol. The number of nitrogens with zero attached hydrogens (tertiary/aromatic N) is 3. The zero-order valence-corrected chi connectivity index (χ0v) is 18.1. The predicted molar refractivity (Wildman–Crippen MR) is 118 cm³/mol. The largest absolute Gasteiger partial charge is 0.367 e. The van der Waals surface area contributed by atoms with Crippen LogP contribution in [0.2, 0.25) is 0 Å². The third-order valence-electron chi connectivity index (χ3n) is 6.44. The Balaban J connectivity index is 1.77. The van der Waals surface area contributed by atoms with E-state index in [0.29, 0.717) is 5.69 Å². The number of benzene rings is 1. The van der Waals surface area contributed by atoms with Gasteiger partial charge in [0, 0.05) is 49.8 Å². The van der Waals surface area contributed by atoms with Gasteiger partial charge in [-0.15, -0.1) is 0 Å². The Morgan fingerprint density at radius 2 is 1.90 bits per heavy atom. The fourth-order valence-corrected chi connectivity index (χ4v) is 4.13. The lowest BCUT2D eigenvalue weighted by atomic mass is 10.1. The molecule has 6 nitrogen and oxygen atoms in total. The zero-order valence-electron chi connectivity index (χ0n) is 18.1. The Bertz CT molecular complexity index is 1010. The highest BCUT2D eigenvalue weighted by Crippen LogP contribution is 2.38. The van der Waals surface area contributed by atoms with Gasteiger partial charge in [-0.2, -0.15) is 0 Å². The molecular weight excluding hydrogens is 383 g/mol. The van der Waals surface area contributed by atoms with Gasteiger partial charge in [0.25, 0.3) is 5.91 Å². The van der Waals surface area contributed by atoms with E-state index in [1.807, 2.05) is 24.5 Å². The van der Waals surface area contributed by atoms with Gasteiger partial charge in [0.2, 0.25) is 5.43 Å². The van der Waals surface area contributed by atoms with E-state index in [0.717, 1.165) is 57.5 Å². The van der Waals surface area contributed by atoms with Gasteiger partial charge in [0.15, 0.2) is 0 Å². The topological polar surface area (TPSA) is 57.6 Å². The molecule has 0 radical (unpaired) electrons. The van der Waals surface area contributed by atoms with Crippen LogP contribution >= 0.6 is 0 Å². The molecule has 162 valence electrons. The number of hydrogen-bond donors (Lipinski definition) is 1. The van der Waals surface area contributed by atoms with Crippen molar-refractivity contribution in [3.63, 3.8) is 0 Å². The number of carbonyl (C=O) groups excluding carboxylic acids is 1. The second-order valence-electron chi connectivity index (χ2n) is 8.54. The minimum Gasteiger partial charge on any atom is -0.367 e. The van der Waals surface area contributed by atoms with Crippen LogP contribution in [0.15, 0.2) is 23.1 Å². The first-order valence-corrected chi connectivity index (χ1v) is 11.1. The molecule has 1 saturated carbocycles. The highest BCUT2D eigenvalue weighted by Gasteiger charge is 2.28. The summed E-state index contributed by atoms with van der Waals surface area (Å²) in [6.45, 7) is 10.3.